The fourth-order valence-corrected chi connectivity index (χ4v) is 5.09. The van der Waals surface area contributed by atoms with Gasteiger partial charge in [-0.3, -0.25) is 19.3 Å². The third-order valence-corrected chi connectivity index (χ3v) is 7.31. The summed E-state index contributed by atoms with van der Waals surface area (Å²) < 4.78 is 5.60. The van der Waals surface area contributed by atoms with Crippen LogP contribution >= 0.6 is 23.2 Å². The number of nitrogens with zero attached hydrogens (tertiary/aromatic N) is 2. The van der Waals surface area contributed by atoms with Crippen molar-refractivity contribution in [2.24, 2.45) is 5.41 Å². The van der Waals surface area contributed by atoms with Crippen molar-refractivity contribution in [1.82, 2.24) is 4.98 Å². The van der Waals surface area contributed by atoms with Crippen LogP contribution in [0.5, 0.6) is 0 Å². The maximum absolute atomic E-state index is 13.7. The quantitative estimate of drug-likeness (QED) is 0.250. The molecule has 0 saturated heterocycles. The van der Waals surface area contributed by atoms with E-state index in [1.54, 1.807) is 43.3 Å². The highest BCUT2D eigenvalue weighted by Crippen LogP contribution is 2.41. The van der Waals surface area contributed by atoms with Gasteiger partial charge in [0.05, 0.1) is 30.4 Å². The van der Waals surface area contributed by atoms with Crippen molar-refractivity contribution >= 4 is 52.0 Å². The summed E-state index contributed by atoms with van der Waals surface area (Å²) in [5.74, 6) is 0.450. The highest BCUT2D eigenvalue weighted by Gasteiger charge is 2.37. The van der Waals surface area contributed by atoms with E-state index in [1.807, 2.05) is 20.8 Å². The van der Waals surface area contributed by atoms with Crippen LogP contribution in [0.25, 0.3) is 0 Å². The molecule has 1 aliphatic heterocycles. The molecule has 0 radical (unpaired) electrons. The molecule has 3 N–H and O–H groups in total. The zero-order chi connectivity index (χ0) is 28.2. The van der Waals surface area contributed by atoms with Gasteiger partial charge in [-0.25, -0.2) is 4.98 Å². The van der Waals surface area contributed by atoms with Gasteiger partial charge in [-0.15, -0.1) is 0 Å². The molecule has 2 aromatic carbocycles. The Labute approximate surface area is 234 Å². The number of aromatic nitrogens is 1. The zero-order valence-corrected chi connectivity index (χ0v) is 23.2. The summed E-state index contributed by atoms with van der Waals surface area (Å²) in [6, 6.07) is 9.52. The maximum atomic E-state index is 13.7. The molecule has 39 heavy (non-hydrogen) atoms. The number of carbonyl (C=O) groups is 1. The zero-order valence-electron chi connectivity index (χ0n) is 21.7. The second-order valence-electron chi connectivity index (χ2n) is 10.6. The van der Waals surface area contributed by atoms with Crippen LogP contribution in [0, 0.1) is 12.3 Å². The van der Waals surface area contributed by atoms with Crippen molar-refractivity contribution in [1.29, 1.82) is 0 Å². The number of aryl methyl sites for hydroxylation is 1. The smallest absolute Gasteiger partial charge is 0.262 e. The number of pyridine rings is 1. The molecular formula is C28H26Cl2N4O5. The molecular weight excluding hydrogens is 543 g/mol. The van der Waals surface area contributed by atoms with E-state index in [4.69, 9.17) is 27.6 Å². The topological polar surface area (TPSA) is 125 Å². The lowest BCUT2D eigenvalue weighted by molar-refractivity contribution is 0.0996. The number of benzene rings is 1. The highest BCUT2D eigenvalue weighted by atomic mass is 35.5. The van der Waals surface area contributed by atoms with Gasteiger partial charge in [-0.2, -0.15) is 0 Å². The number of amides is 1. The van der Waals surface area contributed by atoms with Crippen molar-refractivity contribution < 1.29 is 14.3 Å². The molecule has 1 amide bonds. The van der Waals surface area contributed by atoms with Gasteiger partial charge in [0.1, 0.15) is 23.0 Å². The number of nitrogens with one attached hydrogen (secondary N) is 2. The Balaban J connectivity index is 1.51. The van der Waals surface area contributed by atoms with Crippen LogP contribution in [0.15, 0.2) is 50.4 Å². The first kappa shape index (κ1) is 26.9. The van der Waals surface area contributed by atoms with Crippen LogP contribution in [0.1, 0.15) is 59.8 Å². The van der Waals surface area contributed by atoms with Crippen molar-refractivity contribution in [3.63, 3.8) is 0 Å². The van der Waals surface area contributed by atoms with E-state index in [-0.39, 0.29) is 35.3 Å². The van der Waals surface area contributed by atoms with Gasteiger partial charge in [0.25, 0.3) is 16.8 Å². The summed E-state index contributed by atoms with van der Waals surface area (Å²) in [5.41, 5.74) is 0.618. The Morgan fingerprint density at radius 3 is 2.41 bits per heavy atom. The predicted octanol–water partition coefficient (Wildman–Crippen LogP) is 5.48. The van der Waals surface area contributed by atoms with Crippen LogP contribution in [0.2, 0.25) is 10.2 Å². The Morgan fingerprint density at radius 1 is 1.05 bits per heavy atom. The van der Waals surface area contributed by atoms with Gasteiger partial charge in [0.2, 0.25) is 0 Å². The molecule has 0 fully saturated rings. The molecule has 3 heterocycles. The Bertz CT molecular complexity index is 1680. The molecule has 4 aromatic rings. The molecule has 1 aliphatic rings. The monoisotopic (exact) mass is 568 g/mol. The molecule has 1 atom stereocenters. The molecule has 0 aliphatic carbocycles. The van der Waals surface area contributed by atoms with Crippen LogP contribution < -0.4 is 26.4 Å². The van der Waals surface area contributed by atoms with E-state index in [2.05, 4.69) is 15.6 Å². The summed E-state index contributed by atoms with van der Waals surface area (Å²) in [5, 5.41) is 16.6. The number of hydrogen-bond donors (Lipinski definition) is 3. The third kappa shape index (κ3) is 4.71. The molecule has 0 saturated carbocycles. The van der Waals surface area contributed by atoms with Gasteiger partial charge in [-0.1, -0.05) is 38.4 Å². The molecule has 0 unspecified atom stereocenters. The predicted molar refractivity (Wildman–Crippen MR) is 151 cm³/mol. The lowest BCUT2D eigenvalue weighted by atomic mass is 9.85. The van der Waals surface area contributed by atoms with Gasteiger partial charge in [0.15, 0.2) is 5.22 Å². The molecule has 9 nitrogen and oxygen atoms in total. The normalized spacial score (nSPS) is 14.1. The number of fused-ring (bicyclic) bond motifs is 1. The fraction of sp³-hybridized carbons (Fsp3) is 0.286. The van der Waals surface area contributed by atoms with E-state index >= 15 is 0 Å². The third-order valence-electron chi connectivity index (χ3n) is 6.76. The summed E-state index contributed by atoms with van der Waals surface area (Å²) >= 11 is 12.5. The molecule has 202 valence electrons. The first-order chi connectivity index (χ1) is 18.4. The van der Waals surface area contributed by atoms with E-state index in [9.17, 15) is 19.5 Å². The minimum atomic E-state index is -0.712. The average molecular weight is 569 g/mol. The lowest BCUT2D eigenvalue weighted by Crippen LogP contribution is -2.39. The largest absolute Gasteiger partial charge is 0.447 e. The second-order valence-corrected chi connectivity index (χ2v) is 11.3. The van der Waals surface area contributed by atoms with E-state index < -0.39 is 28.2 Å². The number of halogens is 2. The minimum absolute atomic E-state index is 0.0346. The number of furan rings is 1. The van der Waals surface area contributed by atoms with Gasteiger partial charge >= 0.3 is 0 Å². The second kappa shape index (κ2) is 9.82. The first-order valence-corrected chi connectivity index (χ1v) is 13.0. The summed E-state index contributed by atoms with van der Waals surface area (Å²) in [6.07, 6.45) is 0. The highest BCUT2D eigenvalue weighted by molar-refractivity contribution is 6.33. The molecule has 11 heteroatoms. The number of anilines is 4. The van der Waals surface area contributed by atoms with Crippen LogP contribution in [0.3, 0.4) is 0 Å². The molecule has 0 spiro atoms. The Kier molecular flexibility index (Phi) is 6.78. The van der Waals surface area contributed by atoms with E-state index in [1.165, 1.54) is 4.90 Å². The average Bonchev–Trinajstić information content (AvgIpc) is 3.47. The van der Waals surface area contributed by atoms with Gasteiger partial charge < -0.3 is 20.2 Å². The molecule has 0 bridgehead atoms. The first-order valence-electron chi connectivity index (χ1n) is 12.2. The summed E-state index contributed by atoms with van der Waals surface area (Å²) in [7, 11) is 0. The molecule has 2 aromatic heterocycles. The van der Waals surface area contributed by atoms with Crippen molar-refractivity contribution in [2.75, 3.05) is 15.5 Å². The van der Waals surface area contributed by atoms with Gasteiger partial charge in [-0.05, 0) is 54.3 Å². The standard InChI is InChI=1S/C28H26Cl2N4O5/c1-13-5-6-14(12-35)26(31-13)34-11-15-16(29)7-8-17(20(15)27(34)38)32-21-22(24(37)23(21)36)33-25(28(2,3)4)18-9-10-19(30)39-18/h5-10,25,32-33,35H,11-12H2,1-4H3/t25-/m0/s1. The Morgan fingerprint density at radius 2 is 1.77 bits per heavy atom. The summed E-state index contributed by atoms with van der Waals surface area (Å²) in [6.45, 7) is 7.50. The Hall–Kier alpha value is -3.66. The van der Waals surface area contributed by atoms with Crippen LogP contribution in [0.4, 0.5) is 22.9 Å². The minimum Gasteiger partial charge on any atom is -0.447 e. The van der Waals surface area contributed by atoms with E-state index in [0.29, 0.717) is 39.1 Å². The number of aliphatic hydroxyl groups is 1. The summed E-state index contributed by atoms with van der Waals surface area (Å²) in [4.78, 5) is 44.9. The number of aliphatic hydroxyl groups excluding tert-OH is 1. The number of rotatable bonds is 7. The van der Waals surface area contributed by atoms with Crippen molar-refractivity contribution in [3.05, 3.63) is 95.2 Å². The SMILES string of the molecule is Cc1ccc(CO)c(N2Cc3c(Cl)ccc(Nc4c(N[C@@H](c5ccc(Cl)o5)C(C)(C)C)c(=O)c4=O)c3C2=O)n1. The van der Waals surface area contributed by atoms with Crippen LogP contribution in [-0.4, -0.2) is 16.0 Å². The number of carbonyl (C=O) groups excluding carboxylic acids is 1. The van der Waals surface area contributed by atoms with Gasteiger partial charge in [0, 0.05) is 21.8 Å². The maximum Gasteiger partial charge on any atom is 0.262 e. The van der Waals surface area contributed by atoms with Crippen LogP contribution in [-0.2, 0) is 13.2 Å². The van der Waals surface area contributed by atoms with Crippen molar-refractivity contribution in [2.45, 2.75) is 46.9 Å². The number of hydrogen-bond acceptors (Lipinski definition) is 8. The van der Waals surface area contributed by atoms with Crippen molar-refractivity contribution in [3.8, 4) is 0 Å². The molecule has 5 rings (SSSR count). The fourth-order valence-electron chi connectivity index (χ4n) is 4.72. The lowest BCUT2D eigenvalue weighted by Gasteiger charge is -2.31. The van der Waals surface area contributed by atoms with E-state index in [0.717, 1.165) is 0 Å².